The molecule has 2 saturated heterocycles. The van der Waals surface area contributed by atoms with E-state index in [1.165, 1.54) is 5.56 Å². The Morgan fingerprint density at radius 1 is 1.17 bits per heavy atom. The number of likely N-dealkylation sites (tertiary alicyclic amines) is 1. The second-order valence-electron chi connectivity index (χ2n) is 6.81. The van der Waals surface area contributed by atoms with Crippen molar-refractivity contribution in [3.63, 3.8) is 0 Å². The van der Waals surface area contributed by atoms with E-state index in [-0.39, 0.29) is 17.7 Å². The molecule has 0 saturated carbocycles. The minimum absolute atomic E-state index is 0.0544. The van der Waals surface area contributed by atoms with Gasteiger partial charge in [0.1, 0.15) is 0 Å². The summed E-state index contributed by atoms with van der Waals surface area (Å²) in [7, 11) is -3.21. The monoisotopic (exact) mass is 372 g/mol. The van der Waals surface area contributed by atoms with E-state index in [0.717, 1.165) is 43.9 Å². The van der Waals surface area contributed by atoms with Crippen molar-refractivity contribution < 1.29 is 13.2 Å². The molecule has 0 aromatic heterocycles. The summed E-state index contributed by atoms with van der Waals surface area (Å²) in [6.07, 6.45) is 2.56. The molecule has 3 rings (SSSR count). The Morgan fingerprint density at radius 2 is 1.88 bits per heavy atom. The van der Waals surface area contributed by atoms with E-state index in [2.05, 4.69) is 9.62 Å². The molecule has 1 aromatic carbocycles. The lowest BCUT2D eigenvalue weighted by molar-refractivity contribution is 0.188. The molecule has 2 fully saturated rings. The molecular weight excluding hydrogens is 348 g/mol. The molecule has 0 amide bonds. The molecule has 1 atom stereocenters. The third kappa shape index (κ3) is 5.43. The quantitative estimate of drug-likeness (QED) is 0.832. The highest BCUT2D eigenvalue weighted by Crippen LogP contribution is 2.18. The summed E-state index contributed by atoms with van der Waals surface area (Å²) in [4.78, 5) is 2.36. The van der Waals surface area contributed by atoms with Crippen LogP contribution in [0.2, 0.25) is 5.02 Å². The zero-order valence-corrected chi connectivity index (χ0v) is 15.4. The van der Waals surface area contributed by atoms with Gasteiger partial charge in [-0.05, 0) is 42.9 Å². The fraction of sp³-hybridized carbons (Fsp3) is 0.647. The maximum absolute atomic E-state index is 12.3. The van der Waals surface area contributed by atoms with Crippen LogP contribution < -0.4 is 4.72 Å². The maximum Gasteiger partial charge on any atom is 0.212 e. The summed E-state index contributed by atoms with van der Waals surface area (Å²) in [6.45, 7) is 3.95. The predicted molar refractivity (Wildman–Crippen MR) is 95.6 cm³/mol. The number of ether oxygens (including phenoxy) is 1. The highest BCUT2D eigenvalue weighted by atomic mass is 35.5. The maximum atomic E-state index is 12.3. The summed E-state index contributed by atoms with van der Waals surface area (Å²) in [5, 5.41) is 0.750. The first kappa shape index (κ1) is 18.1. The number of nitrogens with zero attached hydrogens (tertiary/aromatic N) is 1. The van der Waals surface area contributed by atoms with Crippen LogP contribution in [-0.4, -0.2) is 51.4 Å². The smallest absolute Gasteiger partial charge is 0.212 e. The van der Waals surface area contributed by atoms with Gasteiger partial charge in [-0.3, -0.25) is 4.90 Å². The molecule has 134 valence electrons. The van der Waals surface area contributed by atoms with Gasteiger partial charge >= 0.3 is 0 Å². The Kier molecular flexibility index (Phi) is 6.16. The molecule has 0 radical (unpaired) electrons. The van der Waals surface area contributed by atoms with Crippen molar-refractivity contribution in [1.82, 2.24) is 9.62 Å². The lowest BCUT2D eigenvalue weighted by Gasteiger charge is -2.32. The Morgan fingerprint density at radius 3 is 2.50 bits per heavy atom. The first-order valence-corrected chi connectivity index (χ1v) is 10.6. The number of hydrogen-bond acceptors (Lipinski definition) is 4. The third-order valence-electron chi connectivity index (χ3n) is 4.73. The largest absolute Gasteiger partial charge is 0.381 e. The lowest BCUT2D eigenvalue weighted by atomic mass is 10.1. The number of piperidine rings is 1. The number of hydrogen-bond donors (Lipinski definition) is 1. The molecule has 1 N–H and O–H groups in total. The van der Waals surface area contributed by atoms with E-state index >= 15 is 0 Å². The van der Waals surface area contributed by atoms with Crippen molar-refractivity contribution in [1.29, 1.82) is 0 Å². The molecule has 0 bridgehead atoms. The molecule has 24 heavy (non-hydrogen) atoms. The third-order valence-corrected chi connectivity index (χ3v) is 6.59. The molecule has 2 aliphatic heterocycles. The second kappa shape index (κ2) is 8.15. The molecule has 2 heterocycles. The Balaban J connectivity index is 1.43. The van der Waals surface area contributed by atoms with Crippen LogP contribution >= 0.6 is 11.6 Å². The molecule has 2 aliphatic rings. The topological polar surface area (TPSA) is 58.6 Å². The van der Waals surface area contributed by atoms with Gasteiger partial charge < -0.3 is 4.74 Å². The van der Waals surface area contributed by atoms with Crippen LogP contribution in [0.4, 0.5) is 0 Å². The van der Waals surface area contributed by atoms with Gasteiger partial charge in [0.15, 0.2) is 0 Å². The SMILES string of the molecule is O=S(=O)(CC1CCOC1)NC1CCN(Cc2ccc(Cl)cc2)CC1. The molecule has 1 aromatic rings. The van der Waals surface area contributed by atoms with E-state index in [1.807, 2.05) is 24.3 Å². The van der Waals surface area contributed by atoms with Gasteiger partial charge in [-0.2, -0.15) is 0 Å². The number of nitrogens with one attached hydrogen (secondary N) is 1. The van der Waals surface area contributed by atoms with Crippen LogP contribution in [0.5, 0.6) is 0 Å². The number of halogens is 1. The van der Waals surface area contributed by atoms with Gasteiger partial charge in [-0.25, -0.2) is 13.1 Å². The number of benzene rings is 1. The zero-order chi connectivity index (χ0) is 17.0. The Labute approximate surface area is 149 Å². The second-order valence-corrected chi connectivity index (χ2v) is 9.04. The van der Waals surface area contributed by atoms with Crippen LogP contribution in [0.15, 0.2) is 24.3 Å². The molecule has 5 nitrogen and oxygen atoms in total. The Hall–Kier alpha value is -0.660. The highest BCUT2D eigenvalue weighted by Gasteiger charge is 2.27. The minimum atomic E-state index is -3.21. The van der Waals surface area contributed by atoms with Gasteiger partial charge in [-0.1, -0.05) is 23.7 Å². The molecule has 0 aliphatic carbocycles. The van der Waals surface area contributed by atoms with Crippen LogP contribution in [0.25, 0.3) is 0 Å². The van der Waals surface area contributed by atoms with Crippen molar-refractivity contribution in [3.8, 4) is 0 Å². The molecule has 1 unspecified atom stereocenters. The standard InChI is InChI=1S/C17H25ClN2O3S/c18-16-3-1-14(2-4-16)11-20-8-5-17(6-9-20)19-24(21,22)13-15-7-10-23-12-15/h1-4,15,17,19H,5-13H2. The average Bonchev–Trinajstić information content (AvgIpc) is 3.03. The molecular formula is C17H25ClN2O3S. The van der Waals surface area contributed by atoms with Gasteiger partial charge in [0, 0.05) is 37.3 Å². The first-order valence-electron chi connectivity index (χ1n) is 8.55. The van der Waals surface area contributed by atoms with Gasteiger partial charge in [0.25, 0.3) is 0 Å². The highest BCUT2D eigenvalue weighted by molar-refractivity contribution is 7.89. The van der Waals surface area contributed by atoms with Crippen LogP contribution in [0, 0.1) is 5.92 Å². The minimum Gasteiger partial charge on any atom is -0.381 e. The van der Waals surface area contributed by atoms with E-state index in [4.69, 9.17) is 16.3 Å². The van der Waals surface area contributed by atoms with Crippen molar-refractivity contribution >= 4 is 21.6 Å². The summed E-state index contributed by atoms with van der Waals surface area (Å²) >= 11 is 5.91. The number of rotatable bonds is 6. The summed E-state index contributed by atoms with van der Waals surface area (Å²) < 4.78 is 32.7. The van der Waals surface area contributed by atoms with Gasteiger partial charge in [0.2, 0.25) is 10.0 Å². The van der Waals surface area contributed by atoms with E-state index in [0.29, 0.717) is 13.2 Å². The van der Waals surface area contributed by atoms with Crippen molar-refractivity contribution in [3.05, 3.63) is 34.9 Å². The fourth-order valence-corrected chi connectivity index (χ4v) is 5.23. The van der Waals surface area contributed by atoms with Crippen LogP contribution in [0.3, 0.4) is 0 Å². The summed E-state index contributed by atoms with van der Waals surface area (Å²) in [6, 6.07) is 7.95. The lowest BCUT2D eigenvalue weighted by Crippen LogP contribution is -2.45. The van der Waals surface area contributed by atoms with E-state index in [9.17, 15) is 8.42 Å². The fourth-order valence-electron chi connectivity index (χ4n) is 3.38. The van der Waals surface area contributed by atoms with Gasteiger partial charge in [0.05, 0.1) is 12.4 Å². The van der Waals surface area contributed by atoms with Gasteiger partial charge in [-0.15, -0.1) is 0 Å². The average molecular weight is 373 g/mol. The summed E-state index contributed by atoms with van der Waals surface area (Å²) in [5.41, 5.74) is 1.24. The molecule has 0 spiro atoms. The van der Waals surface area contributed by atoms with Crippen LogP contribution in [0.1, 0.15) is 24.8 Å². The predicted octanol–water partition coefficient (Wildman–Crippen LogP) is 2.26. The molecule has 7 heteroatoms. The van der Waals surface area contributed by atoms with E-state index in [1.54, 1.807) is 0 Å². The Bertz CT molecular complexity index is 622. The van der Waals surface area contributed by atoms with Crippen molar-refractivity contribution in [2.24, 2.45) is 5.92 Å². The number of sulfonamides is 1. The first-order chi connectivity index (χ1) is 11.5. The van der Waals surface area contributed by atoms with Crippen LogP contribution in [-0.2, 0) is 21.3 Å². The van der Waals surface area contributed by atoms with Crippen molar-refractivity contribution in [2.45, 2.75) is 31.8 Å². The van der Waals surface area contributed by atoms with Crippen molar-refractivity contribution in [2.75, 3.05) is 32.1 Å². The zero-order valence-electron chi connectivity index (χ0n) is 13.8. The van der Waals surface area contributed by atoms with E-state index < -0.39 is 10.0 Å². The summed E-state index contributed by atoms with van der Waals surface area (Å²) in [5.74, 6) is 0.338. The normalized spacial score (nSPS) is 23.6.